The maximum atomic E-state index is 11.5. The number of aliphatic carboxylic acids is 1. The summed E-state index contributed by atoms with van der Waals surface area (Å²) in [4.78, 5) is 13.5. The lowest BCUT2D eigenvalue weighted by molar-refractivity contribution is -0.144. The number of nitrogens with two attached hydrogens (primary N) is 1. The maximum Gasteiger partial charge on any atom is 0.329 e. The van der Waals surface area contributed by atoms with Gasteiger partial charge in [0.25, 0.3) is 0 Å². The average molecular weight is 250 g/mol. The van der Waals surface area contributed by atoms with Crippen molar-refractivity contribution in [3.8, 4) is 0 Å². The molecular weight excluding hydrogens is 228 g/mol. The summed E-state index contributed by atoms with van der Waals surface area (Å²) in [5, 5.41) is 9.42. The summed E-state index contributed by atoms with van der Waals surface area (Å²) in [5.74, 6) is -0.520. The first kappa shape index (κ1) is 14.7. The van der Waals surface area contributed by atoms with Gasteiger partial charge in [-0.15, -0.1) is 0 Å². The van der Waals surface area contributed by atoms with Crippen molar-refractivity contribution in [2.24, 2.45) is 11.7 Å². The van der Waals surface area contributed by atoms with Gasteiger partial charge in [0.1, 0.15) is 0 Å². The third-order valence-electron chi connectivity index (χ3n) is 2.87. The maximum absolute atomic E-state index is 11.5. The van der Waals surface area contributed by atoms with Gasteiger partial charge in [-0.2, -0.15) is 0 Å². The third-order valence-corrected chi connectivity index (χ3v) is 2.87. The molecule has 3 N–H and O–H groups in total. The van der Waals surface area contributed by atoms with E-state index in [2.05, 4.69) is 13.8 Å². The van der Waals surface area contributed by atoms with Crippen LogP contribution in [0, 0.1) is 5.92 Å². The monoisotopic (exact) mass is 250 g/mol. The second-order valence-electron chi connectivity index (χ2n) is 5.23. The first-order chi connectivity index (χ1) is 8.36. The van der Waals surface area contributed by atoms with Gasteiger partial charge in [0, 0.05) is 13.1 Å². The van der Waals surface area contributed by atoms with E-state index in [1.165, 1.54) is 0 Å². The molecular formula is C14H22N2O2. The molecule has 1 atom stereocenters. The lowest BCUT2D eigenvalue weighted by Gasteiger charge is -2.31. The molecule has 0 aromatic heterocycles. The molecule has 0 aliphatic carbocycles. The minimum atomic E-state index is -1.36. The van der Waals surface area contributed by atoms with Crippen molar-refractivity contribution in [2.45, 2.75) is 19.4 Å². The highest BCUT2D eigenvalue weighted by atomic mass is 16.4. The molecule has 0 spiro atoms. The van der Waals surface area contributed by atoms with Gasteiger partial charge >= 0.3 is 5.97 Å². The Morgan fingerprint density at radius 2 is 1.94 bits per heavy atom. The normalized spacial score (nSPS) is 14.8. The largest absolute Gasteiger partial charge is 0.480 e. The molecule has 0 aliphatic rings. The number of benzene rings is 1. The molecule has 1 rings (SSSR count). The standard InChI is InChI=1S/C14H22N2O2/c1-11(2)9-16(3)10-14(15,13(17)18)12-7-5-4-6-8-12/h4-8,11H,9-10,15H2,1-3H3,(H,17,18). The van der Waals surface area contributed by atoms with Crippen LogP contribution in [0.2, 0.25) is 0 Å². The zero-order valence-electron chi connectivity index (χ0n) is 11.3. The van der Waals surface area contributed by atoms with E-state index in [9.17, 15) is 9.90 Å². The number of carbonyl (C=O) groups is 1. The lowest BCUT2D eigenvalue weighted by atomic mass is 9.90. The molecule has 18 heavy (non-hydrogen) atoms. The second-order valence-corrected chi connectivity index (χ2v) is 5.23. The van der Waals surface area contributed by atoms with Gasteiger partial charge in [-0.25, -0.2) is 4.79 Å². The van der Waals surface area contributed by atoms with Crippen LogP contribution in [0.15, 0.2) is 30.3 Å². The first-order valence-electron chi connectivity index (χ1n) is 6.12. The molecule has 0 heterocycles. The Morgan fingerprint density at radius 1 is 1.39 bits per heavy atom. The van der Waals surface area contributed by atoms with Crippen molar-refractivity contribution in [2.75, 3.05) is 20.1 Å². The number of nitrogens with zero attached hydrogens (tertiary/aromatic N) is 1. The van der Waals surface area contributed by atoms with E-state index in [0.29, 0.717) is 18.0 Å². The van der Waals surface area contributed by atoms with Gasteiger partial charge in [0.15, 0.2) is 5.54 Å². The number of hydrogen-bond acceptors (Lipinski definition) is 3. The fraction of sp³-hybridized carbons (Fsp3) is 0.500. The summed E-state index contributed by atoms with van der Waals surface area (Å²) >= 11 is 0. The summed E-state index contributed by atoms with van der Waals surface area (Å²) in [6, 6.07) is 8.99. The van der Waals surface area contributed by atoms with E-state index in [1.54, 1.807) is 12.1 Å². The summed E-state index contributed by atoms with van der Waals surface area (Å²) in [7, 11) is 1.90. The van der Waals surface area contributed by atoms with Gasteiger partial charge in [-0.1, -0.05) is 44.2 Å². The van der Waals surface area contributed by atoms with Crippen molar-refractivity contribution in [3.05, 3.63) is 35.9 Å². The molecule has 4 heteroatoms. The quantitative estimate of drug-likeness (QED) is 0.803. The summed E-state index contributed by atoms with van der Waals surface area (Å²) in [6.45, 7) is 5.31. The number of rotatable bonds is 6. The minimum absolute atomic E-state index is 0.296. The molecule has 4 nitrogen and oxygen atoms in total. The van der Waals surface area contributed by atoms with Gasteiger partial charge in [-0.05, 0) is 18.5 Å². The zero-order valence-corrected chi connectivity index (χ0v) is 11.3. The Balaban J connectivity index is 2.92. The number of likely N-dealkylation sites (N-methyl/N-ethyl adjacent to an activating group) is 1. The minimum Gasteiger partial charge on any atom is -0.480 e. The second kappa shape index (κ2) is 5.98. The topological polar surface area (TPSA) is 66.6 Å². The molecule has 0 saturated heterocycles. The molecule has 1 aromatic carbocycles. The van der Waals surface area contributed by atoms with Crippen LogP contribution in [-0.4, -0.2) is 36.1 Å². The van der Waals surface area contributed by atoms with Crippen LogP contribution >= 0.6 is 0 Å². The van der Waals surface area contributed by atoms with E-state index in [-0.39, 0.29) is 0 Å². The molecule has 0 bridgehead atoms. The predicted octanol–water partition coefficient (Wildman–Crippen LogP) is 1.51. The van der Waals surface area contributed by atoms with Crippen LogP contribution in [0.25, 0.3) is 0 Å². The average Bonchev–Trinajstić information content (AvgIpc) is 2.28. The molecule has 1 unspecified atom stereocenters. The Kier molecular flexibility index (Phi) is 4.87. The predicted molar refractivity (Wildman–Crippen MR) is 72.3 cm³/mol. The van der Waals surface area contributed by atoms with E-state index in [1.807, 2.05) is 30.1 Å². The Labute approximate surface area is 108 Å². The molecule has 1 aromatic rings. The van der Waals surface area contributed by atoms with Gasteiger partial charge in [0.05, 0.1) is 0 Å². The first-order valence-corrected chi connectivity index (χ1v) is 6.12. The van der Waals surface area contributed by atoms with Gasteiger partial charge in [-0.3, -0.25) is 0 Å². The van der Waals surface area contributed by atoms with Crippen LogP contribution in [0.3, 0.4) is 0 Å². The molecule has 0 radical (unpaired) electrons. The van der Waals surface area contributed by atoms with E-state index < -0.39 is 11.5 Å². The molecule has 100 valence electrons. The van der Waals surface area contributed by atoms with Crippen molar-refractivity contribution < 1.29 is 9.90 Å². The number of carboxylic acid groups (broad SMARTS) is 1. The fourth-order valence-corrected chi connectivity index (χ4v) is 2.13. The molecule has 0 saturated carbocycles. The van der Waals surface area contributed by atoms with E-state index in [4.69, 9.17) is 5.73 Å². The van der Waals surface area contributed by atoms with Gasteiger partial charge < -0.3 is 15.7 Å². The van der Waals surface area contributed by atoms with Crippen LogP contribution in [0.5, 0.6) is 0 Å². The zero-order chi connectivity index (χ0) is 13.8. The number of hydrogen-bond donors (Lipinski definition) is 2. The van der Waals surface area contributed by atoms with Crippen LogP contribution in [0.4, 0.5) is 0 Å². The van der Waals surface area contributed by atoms with Crippen LogP contribution < -0.4 is 5.73 Å². The van der Waals surface area contributed by atoms with Crippen molar-refractivity contribution >= 4 is 5.97 Å². The number of carboxylic acids is 1. The fourth-order valence-electron chi connectivity index (χ4n) is 2.13. The van der Waals surface area contributed by atoms with Gasteiger partial charge in [0.2, 0.25) is 0 Å². The van der Waals surface area contributed by atoms with Crippen molar-refractivity contribution in [3.63, 3.8) is 0 Å². The summed E-state index contributed by atoms with van der Waals surface area (Å²) in [5.41, 5.74) is 5.37. The highest BCUT2D eigenvalue weighted by molar-refractivity contribution is 5.80. The SMILES string of the molecule is CC(C)CN(C)CC(N)(C(=O)O)c1ccccc1. The molecule has 0 amide bonds. The Morgan fingerprint density at radius 3 is 2.39 bits per heavy atom. The Hall–Kier alpha value is -1.39. The van der Waals surface area contributed by atoms with Crippen molar-refractivity contribution in [1.29, 1.82) is 0 Å². The van der Waals surface area contributed by atoms with Crippen LogP contribution in [-0.2, 0) is 10.3 Å². The molecule has 0 fully saturated rings. The Bertz CT molecular complexity index is 392. The summed E-state index contributed by atoms with van der Waals surface area (Å²) in [6.07, 6.45) is 0. The van der Waals surface area contributed by atoms with Crippen molar-refractivity contribution in [1.82, 2.24) is 4.90 Å². The third kappa shape index (κ3) is 3.55. The summed E-state index contributed by atoms with van der Waals surface area (Å²) < 4.78 is 0. The smallest absolute Gasteiger partial charge is 0.329 e. The molecule has 0 aliphatic heterocycles. The highest BCUT2D eigenvalue weighted by Crippen LogP contribution is 2.20. The lowest BCUT2D eigenvalue weighted by Crippen LogP contribution is -2.53. The van der Waals surface area contributed by atoms with E-state index in [0.717, 1.165) is 6.54 Å². The van der Waals surface area contributed by atoms with Crippen LogP contribution in [0.1, 0.15) is 19.4 Å². The highest BCUT2D eigenvalue weighted by Gasteiger charge is 2.37. The van der Waals surface area contributed by atoms with E-state index >= 15 is 0 Å².